The maximum Gasteiger partial charge on any atom is 0.317 e. The third-order valence-corrected chi connectivity index (χ3v) is 4.92. The zero-order valence-corrected chi connectivity index (χ0v) is 18.9. The van der Waals surface area contributed by atoms with Gasteiger partial charge in [-0.15, -0.1) is 0 Å². The molecule has 1 aromatic carbocycles. The zero-order valence-electron chi connectivity index (χ0n) is 18.9. The fraction of sp³-hybridized carbons (Fsp3) is 0.476. The Bertz CT molecular complexity index is 861. The van der Waals surface area contributed by atoms with Crippen molar-refractivity contribution in [2.24, 2.45) is 0 Å². The largest absolute Gasteiger partial charge is 0.480 e. The van der Waals surface area contributed by atoms with Crippen molar-refractivity contribution < 1.29 is 49.5 Å². The summed E-state index contributed by atoms with van der Waals surface area (Å²) in [5.41, 5.74) is 6.89. The number of nitrogens with zero attached hydrogens (tertiary/aromatic N) is 3. The zero-order chi connectivity index (χ0) is 26.5. The van der Waals surface area contributed by atoms with Crippen LogP contribution in [0.1, 0.15) is 5.56 Å². The highest BCUT2D eigenvalue weighted by Gasteiger charge is 2.27. The highest BCUT2D eigenvalue weighted by molar-refractivity contribution is 5.73. The molecule has 0 bridgehead atoms. The van der Waals surface area contributed by atoms with E-state index >= 15 is 0 Å². The molecule has 0 unspecified atom stereocenters. The van der Waals surface area contributed by atoms with Gasteiger partial charge >= 0.3 is 29.8 Å². The number of aliphatic carboxylic acids is 5. The number of anilines is 1. The number of carboxylic acids is 5. The predicted octanol–water partition coefficient (Wildman–Crippen LogP) is -1.49. The molecule has 14 heteroatoms. The first-order valence-electron chi connectivity index (χ1n) is 10.5. The second-order valence-corrected chi connectivity index (χ2v) is 7.92. The van der Waals surface area contributed by atoms with Crippen LogP contribution in [0.4, 0.5) is 5.69 Å². The molecule has 1 rings (SSSR count). The monoisotopic (exact) mass is 498 g/mol. The Morgan fingerprint density at radius 1 is 0.657 bits per heavy atom. The third kappa shape index (κ3) is 12.9. The van der Waals surface area contributed by atoms with E-state index in [-0.39, 0.29) is 26.1 Å². The van der Waals surface area contributed by atoms with Gasteiger partial charge in [0.25, 0.3) is 0 Å². The minimum Gasteiger partial charge on any atom is -0.480 e. The van der Waals surface area contributed by atoms with Gasteiger partial charge in [-0.05, 0) is 24.1 Å². The van der Waals surface area contributed by atoms with Gasteiger partial charge in [0.15, 0.2) is 0 Å². The van der Waals surface area contributed by atoms with Crippen molar-refractivity contribution in [2.45, 2.75) is 12.5 Å². The fourth-order valence-corrected chi connectivity index (χ4v) is 3.50. The first kappa shape index (κ1) is 29.3. The van der Waals surface area contributed by atoms with Crippen LogP contribution in [-0.4, -0.2) is 128 Å². The predicted molar refractivity (Wildman–Crippen MR) is 121 cm³/mol. The molecule has 0 aliphatic carbocycles. The Balaban J connectivity index is 3.17. The number of nitrogen functional groups attached to an aromatic ring is 1. The molecule has 0 aliphatic rings. The Labute approximate surface area is 200 Å². The normalized spacial score (nSPS) is 12.1. The molecule has 0 radical (unpaired) electrons. The molecule has 7 N–H and O–H groups in total. The number of hydrogen-bond donors (Lipinski definition) is 6. The van der Waals surface area contributed by atoms with Crippen LogP contribution in [-0.2, 0) is 30.4 Å². The van der Waals surface area contributed by atoms with Gasteiger partial charge in [-0.25, -0.2) is 0 Å². The number of carboxylic acid groups (broad SMARTS) is 5. The highest BCUT2D eigenvalue weighted by atomic mass is 16.4. The summed E-state index contributed by atoms with van der Waals surface area (Å²) in [7, 11) is 0. The summed E-state index contributed by atoms with van der Waals surface area (Å²) >= 11 is 0. The number of hydrogen-bond acceptors (Lipinski definition) is 9. The van der Waals surface area contributed by atoms with Crippen LogP contribution >= 0.6 is 0 Å². The third-order valence-electron chi connectivity index (χ3n) is 4.92. The van der Waals surface area contributed by atoms with Crippen molar-refractivity contribution in [1.82, 2.24) is 14.7 Å². The van der Waals surface area contributed by atoms with Crippen molar-refractivity contribution in [2.75, 3.05) is 58.1 Å². The molecule has 14 nitrogen and oxygen atoms in total. The van der Waals surface area contributed by atoms with Crippen molar-refractivity contribution in [3.05, 3.63) is 29.8 Å². The van der Waals surface area contributed by atoms with E-state index < -0.39 is 68.6 Å². The Morgan fingerprint density at radius 3 is 1.49 bits per heavy atom. The van der Waals surface area contributed by atoms with Crippen molar-refractivity contribution in [3.8, 4) is 0 Å². The lowest BCUT2D eigenvalue weighted by atomic mass is 10.0. The molecule has 194 valence electrons. The van der Waals surface area contributed by atoms with E-state index in [0.29, 0.717) is 11.3 Å². The van der Waals surface area contributed by atoms with Gasteiger partial charge in [-0.2, -0.15) is 0 Å². The van der Waals surface area contributed by atoms with Gasteiger partial charge in [0.1, 0.15) is 0 Å². The average molecular weight is 498 g/mol. The number of rotatable bonds is 18. The van der Waals surface area contributed by atoms with Crippen LogP contribution in [0.15, 0.2) is 24.3 Å². The first-order chi connectivity index (χ1) is 16.3. The van der Waals surface area contributed by atoms with Crippen LogP contribution in [0.5, 0.6) is 0 Å². The van der Waals surface area contributed by atoms with Crippen LogP contribution in [0.25, 0.3) is 0 Å². The molecule has 0 spiro atoms. The van der Waals surface area contributed by atoms with Gasteiger partial charge in [-0.1, -0.05) is 12.1 Å². The lowest BCUT2D eigenvalue weighted by Gasteiger charge is -2.34. The van der Waals surface area contributed by atoms with E-state index in [0.717, 1.165) is 4.90 Å². The minimum atomic E-state index is -1.27. The summed E-state index contributed by atoms with van der Waals surface area (Å²) in [4.78, 5) is 60.0. The maximum absolute atomic E-state index is 11.5. The van der Waals surface area contributed by atoms with Gasteiger partial charge < -0.3 is 31.3 Å². The Hall–Kier alpha value is -3.75. The molecule has 0 aliphatic heterocycles. The van der Waals surface area contributed by atoms with E-state index in [1.165, 1.54) is 9.80 Å². The number of nitrogens with two attached hydrogens (primary N) is 1. The van der Waals surface area contributed by atoms with Crippen molar-refractivity contribution in [1.29, 1.82) is 0 Å². The molecule has 0 heterocycles. The summed E-state index contributed by atoms with van der Waals surface area (Å²) in [6.45, 7) is -3.13. The molecular formula is C21H30N4O10. The second-order valence-electron chi connectivity index (χ2n) is 7.92. The number of carbonyl (C=O) groups is 5. The van der Waals surface area contributed by atoms with Crippen LogP contribution < -0.4 is 5.73 Å². The summed E-state index contributed by atoms with van der Waals surface area (Å²) in [6.07, 6.45) is 0.172. The van der Waals surface area contributed by atoms with E-state index in [1.807, 2.05) is 0 Å². The summed E-state index contributed by atoms with van der Waals surface area (Å²) in [5, 5.41) is 45.9. The van der Waals surface area contributed by atoms with Crippen molar-refractivity contribution in [3.63, 3.8) is 0 Å². The van der Waals surface area contributed by atoms with Crippen LogP contribution in [0.3, 0.4) is 0 Å². The van der Waals surface area contributed by atoms with Gasteiger partial charge in [0.05, 0.1) is 32.7 Å². The molecule has 1 aromatic rings. The van der Waals surface area contributed by atoms with Gasteiger partial charge in [0.2, 0.25) is 0 Å². The van der Waals surface area contributed by atoms with Gasteiger partial charge in [-0.3, -0.25) is 38.7 Å². The van der Waals surface area contributed by atoms with E-state index in [4.69, 9.17) is 15.9 Å². The minimum absolute atomic E-state index is 0.0565. The molecule has 0 amide bonds. The number of benzene rings is 1. The quantitative estimate of drug-likeness (QED) is 0.127. The molecule has 0 fully saturated rings. The Kier molecular flexibility index (Phi) is 12.1. The second kappa shape index (κ2) is 14.5. The first-order valence-corrected chi connectivity index (χ1v) is 10.5. The summed E-state index contributed by atoms with van der Waals surface area (Å²) < 4.78 is 0. The fourth-order valence-electron chi connectivity index (χ4n) is 3.50. The SMILES string of the molecule is Nc1ccc(C[C@H](CN(CCN(CC(=O)O)CC(=O)O)CC(=O)O)N(CC(=O)O)CC(=O)O)cc1. The van der Waals surface area contributed by atoms with Gasteiger partial charge in [0, 0.05) is 31.4 Å². The smallest absolute Gasteiger partial charge is 0.317 e. The molecule has 0 aromatic heterocycles. The highest BCUT2D eigenvalue weighted by Crippen LogP contribution is 2.14. The topological polar surface area (TPSA) is 222 Å². The lowest BCUT2D eigenvalue weighted by Crippen LogP contribution is -2.51. The lowest BCUT2D eigenvalue weighted by molar-refractivity contribution is -0.144. The van der Waals surface area contributed by atoms with Crippen molar-refractivity contribution >= 4 is 35.5 Å². The van der Waals surface area contributed by atoms with E-state index in [1.54, 1.807) is 24.3 Å². The Morgan fingerprint density at radius 2 is 1.06 bits per heavy atom. The average Bonchev–Trinajstić information content (AvgIpc) is 2.70. The molecule has 0 saturated heterocycles. The molecule has 0 saturated carbocycles. The standard InChI is InChI=1S/C21H30N4O10/c22-15-3-1-14(2-4-15)7-16(25(12-20(32)33)13-21(34)35)8-23(9-17(26)27)5-6-24(10-18(28)29)11-19(30)31/h1-4,16H,5-13,22H2,(H,26,27)(H,28,29)(H,30,31)(H,32,33)(H,34,35)/t16-/m1/s1. The molecule has 35 heavy (non-hydrogen) atoms. The molecule has 1 atom stereocenters. The molecular weight excluding hydrogens is 468 g/mol. The van der Waals surface area contributed by atoms with E-state index in [9.17, 15) is 39.3 Å². The van der Waals surface area contributed by atoms with Crippen LogP contribution in [0.2, 0.25) is 0 Å². The van der Waals surface area contributed by atoms with E-state index in [2.05, 4.69) is 0 Å². The summed E-state index contributed by atoms with van der Waals surface area (Å²) in [5.74, 6) is -6.28. The van der Waals surface area contributed by atoms with Crippen LogP contribution in [0, 0.1) is 0 Å². The summed E-state index contributed by atoms with van der Waals surface area (Å²) in [6, 6.07) is 5.86. The maximum atomic E-state index is 11.5.